The van der Waals surface area contributed by atoms with E-state index in [2.05, 4.69) is 20.8 Å². The van der Waals surface area contributed by atoms with E-state index in [0.29, 0.717) is 23.1 Å². The van der Waals surface area contributed by atoms with Crippen LogP contribution in [0.3, 0.4) is 0 Å². The van der Waals surface area contributed by atoms with Gasteiger partial charge in [-0.2, -0.15) is 0 Å². The number of anilines is 1. The van der Waals surface area contributed by atoms with E-state index in [1.165, 1.54) is 0 Å². The lowest BCUT2D eigenvalue weighted by atomic mass is 10.2. The van der Waals surface area contributed by atoms with Crippen molar-refractivity contribution in [3.8, 4) is 28.6 Å². The van der Waals surface area contributed by atoms with E-state index < -0.39 is 6.10 Å². The predicted molar refractivity (Wildman–Crippen MR) is 104 cm³/mol. The minimum atomic E-state index is -0.718. The first-order chi connectivity index (χ1) is 13.7. The van der Waals surface area contributed by atoms with E-state index in [1.54, 1.807) is 38.1 Å². The smallest absolute Gasteiger partial charge is 0.203 e. The van der Waals surface area contributed by atoms with Crippen LogP contribution in [0, 0.1) is 0 Å². The van der Waals surface area contributed by atoms with E-state index in [-0.39, 0.29) is 13.1 Å². The van der Waals surface area contributed by atoms with Crippen LogP contribution in [0.1, 0.15) is 0 Å². The predicted octanol–water partition coefficient (Wildman–Crippen LogP) is 1.84. The molecule has 1 aromatic heterocycles. The molecule has 0 amide bonds. The minimum Gasteiger partial charge on any atom is -0.493 e. The summed E-state index contributed by atoms with van der Waals surface area (Å²) in [6.07, 6.45) is -0.718. The molecule has 28 heavy (non-hydrogen) atoms. The fourth-order valence-electron chi connectivity index (χ4n) is 2.80. The zero-order chi connectivity index (χ0) is 19.9. The van der Waals surface area contributed by atoms with Crippen LogP contribution < -0.4 is 19.5 Å². The van der Waals surface area contributed by atoms with Gasteiger partial charge in [0.15, 0.2) is 17.3 Å². The summed E-state index contributed by atoms with van der Waals surface area (Å²) in [6.45, 7) is 0.529. The van der Waals surface area contributed by atoms with Gasteiger partial charge in [0.2, 0.25) is 5.75 Å². The van der Waals surface area contributed by atoms with Gasteiger partial charge >= 0.3 is 0 Å². The third-order valence-corrected chi connectivity index (χ3v) is 4.15. The molecule has 2 N–H and O–H groups in total. The number of aromatic nitrogens is 4. The largest absolute Gasteiger partial charge is 0.493 e. The molecule has 0 fully saturated rings. The Labute approximate surface area is 162 Å². The third-order valence-electron chi connectivity index (χ3n) is 4.15. The molecule has 0 spiro atoms. The summed E-state index contributed by atoms with van der Waals surface area (Å²) >= 11 is 0. The average Bonchev–Trinajstić information content (AvgIpc) is 3.19. The van der Waals surface area contributed by atoms with Gasteiger partial charge in [0.25, 0.3) is 0 Å². The Morgan fingerprint density at radius 1 is 1.04 bits per heavy atom. The Morgan fingerprint density at radius 2 is 1.71 bits per heavy atom. The van der Waals surface area contributed by atoms with Gasteiger partial charge in [0, 0.05) is 29.9 Å². The molecule has 0 bridgehead atoms. The number of rotatable bonds is 9. The average molecular weight is 385 g/mol. The van der Waals surface area contributed by atoms with Crippen molar-refractivity contribution in [2.24, 2.45) is 0 Å². The molecule has 9 heteroatoms. The number of methoxy groups -OCH3 is 3. The number of benzene rings is 2. The molecule has 0 unspecified atom stereocenters. The molecule has 9 nitrogen and oxygen atoms in total. The van der Waals surface area contributed by atoms with Gasteiger partial charge in [0.05, 0.1) is 34.0 Å². The van der Waals surface area contributed by atoms with Crippen LogP contribution in [0.2, 0.25) is 0 Å². The highest BCUT2D eigenvalue weighted by Gasteiger charge is 2.15. The second kappa shape index (κ2) is 9.05. The summed E-state index contributed by atoms with van der Waals surface area (Å²) in [5, 5.41) is 25.4. The molecule has 0 radical (unpaired) electrons. The number of aliphatic hydroxyl groups is 1. The Kier molecular flexibility index (Phi) is 6.28. The van der Waals surface area contributed by atoms with Crippen molar-refractivity contribution in [3.05, 3.63) is 42.5 Å². The molecule has 1 atom stereocenters. The molecule has 0 aliphatic carbocycles. The summed E-state index contributed by atoms with van der Waals surface area (Å²) in [7, 11) is 4.66. The van der Waals surface area contributed by atoms with Crippen LogP contribution >= 0.6 is 0 Å². The Morgan fingerprint density at radius 3 is 2.32 bits per heavy atom. The van der Waals surface area contributed by atoms with E-state index in [4.69, 9.17) is 14.2 Å². The highest BCUT2D eigenvalue weighted by Crippen LogP contribution is 2.39. The fraction of sp³-hybridized carbons (Fsp3) is 0.316. The summed E-state index contributed by atoms with van der Waals surface area (Å²) in [5.74, 6) is 2.18. The van der Waals surface area contributed by atoms with Gasteiger partial charge in [-0.1, -0.05) is 30.3 Å². The highest BCUT2D eigenvalue weighted by molar-refractivity contribution is 5.62. The number of tetrazole rings is 1. The maximum absolute atomic E-state index is 10.4. The zero-order valence-electron chi connectivity index (χ0n) is 16.0. The van der Waals surface area contributed by atoms with Crippen LogP contribution in [0.25, 0.3) is 11.4 Å². The van der Waals surface area contributed by atoms with Crippen molar-refractivity contribution in [3.63, 3.8) is 0 Å². The van der Waals surface area contributed by atoms with E-state index in [1.807, 2.05) is 30.3 Å². The number of nitrogens with one attached hydrogen (secondary N) is 1. The van der Waals surface area contributed by atoms with Gasteiger partial charge in [0.1, 0.15) is 0 Å². The van der Waals surface area contributed by atoms with Gasteiger partial charge in [-0.15, -0.1) is 5.10 Å². The molecule has 3 aromatic rings. The van der Waals surface area contributed by atoms with Crippen LogP contribution in [-0.2, 0) is 6.54 Å². The van der Waals surface area contributed by atoms with Gasteiger partial charge < -0.3 is 24.6 Å². The quantitative estimate of drug-likeness (QED) is 0.575. The zero-order valence-corrected chi connectivity index (χ0v) is 16.0. The van der Waals surface area contributed by atoms with Crippen molar-refractivity contribution < 1.29 is 19.3 Å². The van der Waals surface area contributed by atoms with E-state index >= 15 is 0 Å². The van der Waals surface area contributed by atoms with Crippen molar-refractivity contribution in [2.45, 2.75) is 12.6 Å². The molecule has 0 aliphatic heterocycles. The highest BCUT2D eigenvalue weighted by atomic mass is 16.5. The molecule has 2 aromatic carbocycles. The Hall–Kier alpha value is -3.33. The second-order valence-corrected chi connectivity index (χ2v) is 6.00. The molecule has 0 aliphatic rings. The number of ether oxygens (including phenoxy) is 3. The fourth-order valence-corrected chi connectivity index (χ4v) is 2.80. The molecule has 0 saturated heterocycles. The SMILES string of the molecule is COc1cc(NC[C@H](O)Cn2nnnc2-c2ccccc2)cc(OC)c1OC. The minimum absolute atomic E-state index is 0.245. The van der Waals surface area contributed by atoms with Crippen molar-refractivity contribution in [1.82, 2.24) is 20.2 Å². The Balaban J connectivity index is 1.67. The molecular formula is C19H23N5O4. The van der Waals surface area contributed by atoms with Gasteiger partial charge in [-0.05, 0) is 10.4 Å². The first kappa shape index (κ1) is 19.4. The Bertz CT molecular complexity index is 875. The molecule has 3 rings (SSSR count). The van der Waals surface area contributed by atoms with Crippen LogP contribution in [0.15, 0.2) is 42.5 Å². The van der Waals surface area contributed by atoms with Gasteiger partial charge in [-0.3, -0.25) is 0 Å². The number of aliphatic hydroxyl groups excluding tert-OH is 1. The van der Waals surface area contributed by atoms with Crippen molar-refractivity contribution in [2.75, 3.05) is 33.2 Å². The molecule has 1 heterocycles. The summed E-state index contributed by atoms with van der Waals surface area (Å²) < 4.78 is 17.6. The monoisotopic (exact) mass is 385 g/mol. The standard InChI is InChI=1S/C19H23N5O4/c1-26-16-9-14(10-17(27-2)18(16)28-3)20-11-15(25)12-24-19(21-22-23-24)13-7-5-4-6-8-13/h4-10,15,20,25H,11-12H2,1-3H3/t15-/m0/s1. The maximum Gasteiger partial charge on any atom is 0.203 e. The van der Waals surface area contributed by atoms with Crippen LogP contribution in [0.5, 0.6) is 17.2 Å². The number of hydrogen-bond acceptors (Lipinski definition) is 8. The summed E-state index contributed by atoms with van der Waals surface area (Å²) in [5.41, 5.74) is 1.62. The molecule has 0 saturated carbocycles. The van der Waals surface area contributed by atoms with Crippen molar-refractivity contribution in [1.29, 1.82) is 0 Å². The topological polar surface area (TPSA) is 104 Å². The number of hydrogen-bond donors (Lipinski definition) is 2. The third kappa shape index (κ3) is 4.32. The van der Waals surface area contributed by atoms with E-state index in [9.17, 15) is 5.11 Å². The lowest BCUT2D eigenvalue weighted by Crippen LogP contribution is -2.26. The lowest BCUT2D eigenvalue weighted by molar-refractivity contribution is 0.161. The molecular weight excluding hydrogens is 362 g/mol. The lowest BCUT2D eigenvalue weighted by Gasteiger charge is -2.17. The molecule has 148 valence electrons. The van der Waals surface area contributed by atoms with E-state index in [0.717, 1.165) is 11.3 Å². The first-order valence-electron chi connectivity index (χ1n) is 8.69. The van der Waals surface area contributed by atoms with Crippen LogP contribution in [-0.4, -0.2) is 59.3 Å². The normalized spacial score (nSPS) is 11.7. The maximum atomic E-state index is 10.4. The summed E-state index contributed by atoms with van der Waals surface area (Å²) in [6, 6.07) is 13.1. The van der Waals surface area contributed by atoms with Crippen molar-refractivity contribution >= 4 is 5.69 Å². The number of nitrogens with zero attached hydrogens (tertiary/aromatic N) is 4. The second-order valence-electron chi connectivity index (χ2n) is 6.00. The van der Waals surface area contributed by atoms with Crippen LogP contribution in [0.4, 0.5) is 5.69 Å². The van der Waals surface area contributed by atoms with Gasteiger partial charge in [-0.25, -0.2) is 4.68 Å². The summed E-state index contributed by atoms with van der Waals surface area (Å²) in [4.78, 5) is 0. The first-order valence-corrected chi connectivity index (χ1v) is 8.69.